The zero-order chi connectivity index (χ0) is 17.5. The Labute approximate surface area is 144 Å². The van der Waals surface area contributed by atoms with Crippen LogP contribution in [0, 0.1) is 33.5 Å². The fourth-order valence-corrected chi connectivity index (χ4v) is 7.28. The highest BCUT2D eigenvalue weighted by Crippen LogP contribution is 2.71. The minimum absolute atomic E-state index is 0.0586. The molecule has 1 spiro atoms. The Hall–Kier alpha value is -0.420. The van der Waals surface area contributed by atoms with E-state index >= 15 is 0 Å². The highest BCUT2D eigenvalue weighted by Gasteiger charge is 2.71. The van der Waals surface area contributed by atoms with Crippen LogP contribution in [0.25, 0.3) is 0 Å². The lowest BCUT2D eigenvalue weighted by Crippen LogP contribution is -2.68. The van der Waals surface area contributed by atoms with Crippen molar-refractivity contribution in [2.45, 2.75) is 71.2 Å². The lowest BCUT2D eigenvalue weighted by atomic mass is 9.38. The summed E-state index contributed by atoms with van der Waals surface area (Å²) in [5, 5.41) is 43.0. The molecule has 4 aliphatic carbocycles. The van der Waals surface area contributed by atoms with Crippen LogP contribution >= 0.6 is 0 Å². The first-order valence-corrected chi connectivity index (χ1v) is 9.50. The van der Waals surface area contributed by atoms with E-state index < -0.39 is 29.1 Å². The highest BCUT2D eigenvalue weighted by molar-refractivity contribution is 5.31. The van der Waals surface area contributed by atoms with Crippen molar-refractivity contribution in [3.05, 3.63) is 12.2 Å². The van der Waals surface area contributed by atoms with Crippen molar-refractivity contribution in [3.8, 4) is 0 Å². The molecule has 9 atom stereocenters. The van der Waals surface area contributed by atoms with Crippen LogP contribution in [0.4, 0.5) is 0 Å². The van der Waals surface area contributed by atoms with E-state index in [2.05, 4.69) is 26.0 Å². The summed E-state index contributed by atoms with van der Waals surface area (Å²) >= 11 is 0. The third-order valence-electron chi connectivity index (χ3n) is 8.91. The van der Waals surface area contributed by atoms with Crippen molar-refractivity contribution in [3.63, 3.8) is 0 Å². The molecule has 4 rings (SSSR count). The maximum atomic E-state index is 11.2. The number of hydrogen-bond acceptors (Lipinski definition) is 4. The average Bonchev–Trinajstić information content (AvgIpc) is 2.71. The van der Waals surface area contributed by atoms with Gasteiger partial charge in [0.2, 0.25) is 0 Å². The molecule has 0 aromatic rings. The van der Waals surface area contributed by atoms with E-state index in [4.69, 9.17) is 0 Å². The lowest BCUT2D eigenvalue weighted by Gasteiger charge is -2.67. The largest absolute Gasteiger partial charge is 0.396 e. The van der Waals surface area contributed by atoms with Crippen molar-refractivity contribution in [1.82, 2.24) is 0 Å². The Morgan fingerprint density at radius 2 is 1.62 bits per heavy atom. The monoisotopic (exact) mass is 336 g/mol. The van der Waals surface area contributed by atoms with E-state index in [9.17, 15) is 20.4 Å². The van der Waals surface area contributed by atoms with Crippen molar-refractivity contribution >= 4 is 0 Å². The summed E-state index contributed by atoms with van der Waals surface area (Å²) in [5.41, 5.74) is -1.44. The van der Waals surface area contributed by atoms with Gasteiger partial charge in [0, 0.05) is 16.2 Å². The molecule has 3 fully saturated rings. The summed E-state index contributed by atoms with van der Waals surface area (Å²) in [6.07, 6.45) is 6.60. The van der Waals surface area contributed by atoms with Crippen LogP contribution in [0.1, 0.15) is 52.9 Å². The van der Waals surface area contributed by atoms with E-state index in [1.54, 1.807) is 0 Å². The number of aliphatic hydroxyl groups excluding tert-OH is 4. The second-order valence-electron chi connectivity index (χ2n) is 9.86. The molecule has 0 amide bonds. The van der Waals surface area contributed by atoms with Gasteiger partial charge in [0.05, 0.1) is 24.9 Å². The molecule has 24 heavy (non-hydrogen) atoms. The smallest absolute Gasteiger partial charge is 0.0746 e. The number of aliphatic hydroxyl groups is 4. The molecule has 4 heteroatoms. The van der Waals surface area contributed by atoms with Gasteiger partial charge in [-0.2, -0.15) is 0 Å². The Bertz CT molecular complexity index is 576. The minimum atomic E-state index is -0.620. The fraction of sp³-hybridized carbons (Fsp3) is 0.900. The molecule has 0 aliphatic heterocycles. The molecule has 0 unspecified atom stereocenters. The molecule has 3 saturated carbocycles. The first-order chi connectivity index (χ1) is 11.1. The molecular formula is C20H32O4. The molecule has 0 aromatic heterocycles. The maximum Gasteiger partial charge on any atom is 0.0746 e. The highest BCUT2D eigenvalue weighted by atomic mass is 16.3. The van der Waals surface area contributed by atoms with Crippen LogP contribution in [-0.4, -0.2) is 45.3 Å². The van der Waals surface area contributed by atoms with Gasteiger partial charge >= 0.3 is 0 Å². The van der Waals surface area contributed by atoms with E-state index in [0.29, 0.717) is 12.8 Å². The van der Waals surface area contributed by atoms with Crippen LogP contribution in [0.15, 0.2) is 12.2 Å². The molecule has 4 nitrogen and oxygen atoms in total. The van der Waals surface area contributed by atoms with Crippen LogP contribution in [0.5, 0.6) is 0 Å². The first-order valence-electron chi connectivity index (χ1n) is 9.50. The van der Waals surface area contributed by atoms with Crippen molar-refractivity contribution in [1.29, 1.82) is 0 Å². The summed E-state index contributed by atoms with van der Waals surface area (Å²) in [6.45, 7) is 6.29. The molecular weight excluding hydrogens is 304 g/mol. The van der Waals surface area contributed by atoms with Gasteiger partial charge in [-0.3, -0.25) is 0 Å². The van der Waals surface area contributed by atoms with Gasteiger partial charge in [-0.25, -0.2) is 0 Å². The molecule has 0 aromatic carbocycles. The molecule has 0 saturated heterocycles. The molecule has 4 N–H and O–H groups in total. The normalized spacial score (nSPS) is 62.2. The third kappa shape index (κ3) is 1.69. The summed E-state index contributed by atoms with van der Waals surface area (Å²) in [4.78, 5) is 0. The van der Waals surface area contributed by atoms with Crippen molar-refractivity contribution < 1.29 is 20.4 Å². The summed E-state index contributed by atoms with van der Waals surface area (Å²) in [5.74, 6) is 0.258. The summed E-state index contributed by atoms with van der Waals surface area (Å²) in [7, 11) is 0. The molecule has 4 aliphatic rings. The minimum Gasteiger partial charge on any atom is -0.396 e. The number of fused-ring (bicyclic) bond motifs is 3. The van der Waals surface area contributed by atoms with Gasteiger partial charge in [-0.1, -0.05) is 32.9 Å². The number of hydrogen-bond donors (Lipinski definition) is 4. The Morgan fingerprint density at radius 1 is 0.917 bits per heavy atom. The Morgan fingerprint density at radius 3 is 2.29 bits per heavy atom. The Kier molecular flexibility index (Phi) is 3.44. The lowest BCUT2D eigenvalue weighted by molar-refractivity contribution is -0.251. The summed E-state index contributed by atoms with van der Waals surface area (Å²) in [6, 6.07) is 0. The zero-order valence-electron chi connectivity index (χ0n) is 15.1. The van der Waals surface area contributed by atoms with Crippen molar-refractivity contribution in [2.75, 3.05) is 6.61 Å². The van der Waals surface area contributed by atoms with E-state index in [1.807, 2.05) is 6.92 Å². The summed E-state index contributed by atoms with van der Waals surface area (Å²) < 4.78 is 0. The maximum absolute atomic E-state index is 11.2. The molecule has 2 bridgehead atoms. The van der Waals surface area contributed by atoms with Gasteiger partial charge in [0.25, 0.3) is 0 Å². The van der Waals surface area contributed by atoms with Crippen LogP contribution in [0.3, 0.4) is 0 Å². The van der Waals surface area contributed by atoms with Gasteiger partial charge < -0.3 is 20.4 Å². The fourth-order valence-electron chi connectivity index (χ4n) is 7.28. The second kappa shape index (κ2) is 4.85. The average molecular weight is 336 g/mol. The SMILES string of the molecule is C[C@@]1(CO)[C@@H]2C[C@H](O)[C@@]34C=C[C@@](C)(CC[C@H]3[C@]2(C)CC[C@H]1O)[C@@H]4O. The quantitative estimate of drug-likeness (QED) is 0.551. The number of rotatable bonds is 1. The van der Waals surface area contributed by atoms with E-state index in [1.165, 1.54) is 0 Å². The Balaban J connectivity index is 1.82. The third-order valence-corrected chi connectivity index (χ3v) is 8.91. The van der Waals surface area contributed by atoms with Crippen LogP contribution in [0.2, 0.25) is 0 Å². The van der Waals surface area contributed by atoms with Gasteiger partial charge in [-0.05, 0) is 49.4 Å². The van der Waals surface area contributed by atoms with Gasteiger partial charge in [-0.15, -0.1) is 0 Å². The van der Waals surface area contributed by atoms with Gasteiger partial charge in [0.1, 0.15) is 0 Å². The first kappa shape index (κ1) is 17.0. The van der Waals surface area contributed by atoms with Gasteiger partial charge in [0.15, 0.2) is 0 Å². The van der Waals surface area contributed by atoms with E-state index in [0.717, 1.165) is 19.3 Å². The van der Waals surface area contributed by atoms with Crippen LogP contribution < -0.4 is 0 Å². The van der Waals surface area contributed by atoms with E-state index in [-0.39, 0.29) is 29.3 Å². The van der Waals surface area contributed by atoms with Crippen LogP contribution in [-0.2, 0) is 0 Å². The topological polar surface area (TPSA) is 80.9 Å². The zero-order valence-corrected chi connectivity index (χ0v) is 15.1. The standard InChI is InChI=1S/C20H32O4/c1-17-6-4-12-18(2)7-5-14(22)19(3,11-21)13(18)10-15(23)20(12,9-8-17)16(17)24/h8-9,12-16,21-24H,4-7,10-11H2,1-3H3/t12-,13+,14+,15-,16-,17+,18-,19+,20+/m0/s1. The molecule has 0 heterocycles. The second-order valence-corrected chi connectivity index (χ2v) is 9.86. The molecule has 136 valence electrons. The predicted octanol–water partition coefficient (Wildman–Crippen LogP) is 1.86. The van der Waals surface area contributed by atoms with Crippen molar-refractivity contribution in [2.24, 2.45) is 33.5 Å². The predicted molar refractivity (Wildman–Crippen MR) is 91.1 cm³/mol. The molecule has 0 radical (unpaired) electrons.